The quantitative estimate of drug-likeness (QED) is 0.372. The Morgan fingerprint density at radius 3 is 2.61 bits per heavy atom. The van der Waals surface area contributed by atoms with Gasteiger partial charge in [-0.1, -0.05) is 26.0 Å². The number of halogens is 1. The minimum absolute atomic E-state index is 0.0627. The summed E-state index contributed by atoms with van der Waals surface area (Å²) in [4.78, 5) is 29.7. The number of aliphatic hydroxyl groups excluding tert-OH is 1. The number of carbonyl (C=O) groups is 2. The van der Waals surface area contributed by atoms with Crippen molar-refractivity contribution in [3.63, 3.8) is 0 Å². The smallest absolute Gasteiger partial charge is 0.295 e. The van der Waals surface area contributed by atoms with Crippen molar-refractivity contribution >= 4 is 17.4 Å². The number of ether oxygens (including phenoxy) is 2. The topological polar surface area (TPSA) is 79.3 Å². The molecule has 0 spiro atoms. The van der Waals surface area contributed by atoms with E-state index in [-0.39, 0.29) is 18.1 Å². The van der Waals surface area contributed by atoms with E-state index in [4.69, 9.17) is 9.47 Å². The van der Waals surface area contributed by atoms with E-state index in [1.54, 1.807) is 24.3 Å². The highest BCUT2D eigenvalue weighted by Gasteiger charge is 2.46. The number of aliphatic hydroxyl groups is 1. The zero-order valence-corrected chi connectivity index (χ0v) is 18.7. The highest BCUT2D eigenvalue weighted by atomic mass is 19.1. The lowest BCUT2D eigenvalue weighted by atomic mass is 9.95. The lowest BCUT2D eigenvalue weighted by molar-refractivity contribution is -0.140. The molecule has 1 atom stereocenters. The van der Waals surface area contributed by atoms with Gasteiger partial charge in [0.15, 0.2) is 11.5 Å². The third kappa shape index (κ3) is 4.43. The molecule has 0 radical (unpaired) electrons. The number of likely N-dealkylation sites (tertiary alicyclic amines) is 1. The van der Waals surface area contributed by atoms with Crippen LogP contribution in [-0.2, 0) is 9.59 Å². The summed E-state index contributed by atoms with van der Waals surface area (Å²) in [6.07, 6.45) is 0.643. The zero-order valence-electron chi connectivity index (χ0n) is 18.7. The zero-order chi connectivity index (χ0) is 23.5. The molecule has 33 heavy (non-hydrogen) atoms. The van der Waals surface area contributed by atoms with Gasteiger partial charge >= 0.3 is 0 Å². The summed E-state index contributed by atoms with van der Waals surface area (Å²) in [5.74, 6) is -1.33. The van der Waals surface area contributed by atoms with Crippen molar-refractivity contribution in [1.82, 2.24) is 9.80 Å². The first kappa shape index (κ1) is 22.8. The van der Waals surface area contributed by atoms with Gasteiger partial charge in [-0.2, -0.15) is 0 Å². The SMILES string of the molecule is CCN(CC)CCCN1C(=O)C(=O)C(=C(O)c2ccc3c(c2)OCO3)C1c1cccc(F)c1. The predicted molar refractivity (Wildman–Crippen MR) is 120 cm³/mol. The fraction of sp³-hybridized carbons (Fsp3) is 0.360. The van der Waals surface area contributed by atoms with Gasteiger partial charge in [-0.15, -0.1) is 0 Å². The van der Waals surface area contributed by atoms with Crippen molar-refractivity contribution in [3.05, 3.63) is 65.0 Å². The number of ketones is 1. The average molecular weight is 454 g/mol. The second kappa shape index (κ2) is 9.62. The molecule has 0 aliphatic carbocycles. The van der Waals surface area contributed by atoms with Gasteiger partial charge in [0.1, 0.15) is 11.6 Å². The lowest BCUT2D eigenvalue weighted by Crippen LogP contribution is -2.33. The standard InChI is InChI=1S/C25H27FN2O5/c1-3-27(4-2)11-6-12-28-22(16-7-5-8-18(26)13-16)21(24(30)25(28)31)23(29)17-9-10-19-20(14-17)33-15-32-19/h5,7-10,13-14,22,29H,3-4,6,11-12,15H2,1-2H3. The maximum Gasteiger partial charge on any atom is 0.295 e. The summed E-state index contributed by atoms with van der Waals surface area (Å²) in [7, 11) is 0. The van der Waals surface area contributed by atoms with E-state index in [1.165, 1.54) is 23.1 Å². The number of benzene rings is 2. The molecule has 7 nitrogen and oxygen atoms in total. The van der Waals surface area contributed by atoms with Crippen LogP contribution < -0.4 is 9.47 Å². The number of fused-ring (bicyclic) bond motifs is 1. The van der Waals surface area contributed by atoms with Crippen molar-refractivity contribution < 1.29 is 28.6 Å². The molecule has 0 saturated carbocycles. The van der Waals surface area contributed by atoms with Gasteiger partial charge in [0.25, 0.3) is 11.7 Å². The minimum Gasteiger partial charge on any atom is -0.507 e. The summed E-state index contributed by atoms with van der Waals surface area (Å²) >= 11 is 0. The number of carbonyl (C=O) groups excluding carboxylic acids is 2. The molecule has 174 valence electrons. The monoisotopic (exact) mass is 454 g/mol. The molecule has 2 aromatic carbocycles. The summed E-state index contributed by atoms with van der Waals surface area (Å²) in [5.41, 5.74) is 0.688. The van der Waals surface area contributed by atoms with Gasteiger partial charge in [-0.05, 0) is 62.0 Å². The summed E-state index contributed by atoms with van der Waals surface area (Å²) in [6, 6.07) is 9.69. The van der Waals surface area contributed by atoms with Crippen LogP contribution in [0, 0.1) is 5.82 Å². The first-order chi connectivity index (χ1) is 15.9. The molecule has 0 aromatic heterocycles. The summed E-state index contributed by atoms with van der Waals surface area (Å²) < 4.78 is 24.8. The van der Waals surface area contributed by atoms with Gasteiger partial charge < -0.3 is 24.4 Å². The molecule has 1 N–H and O–H groups in total. The van der Waals surface area contributed by atoms with Gasteiger partial charge in [-0.25, -0.2) is 4.39 Å². The Morgan fingerprint density at radius 2 is 1.88 bits per heavy atom. The van der Waals surface area contributed by atoms with Crippen LogP contribution in [0.5, 0.6) is 11.5 Å². The van der Waals surface area contributed by atoms with Crippen molar-refractivity contribution in [2.75, 3.05) is 33.0 Å². The molecule has 4 rings (SSSR count). The van der Waals surface area contributed by atoms with Crippen LogP contribution in [-0.4, -0.2) is 59.6 Å². The fourth-order valence-electron chi connectivity index (χ4n) is 4.34. The molecule has 1 fully saturated rings. The van der Waals surface area contributed by atoms with Crippen LogP contribution in [0.1, 0.15) is 37.4 Å². The van der Waals surface area contributed by atoms with Gasteiger partial charge in [0.2, 0.25) is 6.79 Å². The van der Waals surface area contributed by atoms with Crippen molar-refractivity contribution in [2.24, 2.45) is 0 Å². The number of Topliss-reactive ketones (excluding diaryl/α,β-unsaturated/α-hetero) is 1. The van der Waals surface area contributed by atoms with Gasteiger partial charge in [-0.3, -0.25) is 9.59 Å². The van der Waals surface area contributed by atoms with Crippen LogP contribution in [0.2, 0.25) is 0 Å². The van der Waals surface area contributed by atoms with E-state index < -0.39 is 23.5 Å². The van der Waals surface area contributed by atoms with E-state index >= 15 is 0 Å². The molecule has 2 aromatic rings. The summed E-state index contributed by atoms with van der Waals surface area (Å²) in [6.45, 7) is 7.02. The molecule has 8 heteroatoms. The first-order valence-corrected chi connectivity index (χ1v) is 11.1. The number of rotatable bonds is 8. The fourth-order valence-corrected chi connectivity index (χ4v) is 4.34. The molecule has 1 saturated heterocycles. The van der Waals surface area contributed by atoms with E-state index in [9.17, 15) is 19.1 Å². The molecule has 2 aliphatic rings. The second-order valence-electron chi connectivity index (χ2n) is 8.00. The maximum absolute atomic E-state index is 14.1. The molecule has 2 heterocycles. The van der Waals surface area contributed by atoms with Crippen molar-refractivity contribution in [2.45, 2.75) is 26.3 Å². The minimum atomic E-state index is -0.886. The molecule has 1 unspecified atom stereocenters. The normalized spacial score (nSPS) is 19.0. The van der Waals surface area contributed by atoms with Crippen LogP contribution in [0.25, 0.3) is 5.76 Å². The Balaban J connectivity index is 1.73. The Morgan fingerprint density at radius 1 is 1.12 bits per heavy atom. The van der Waals surface area contributed by atoms with E-state index in [0.717, 1.165) is 19.6 Å². The molecular weight excluding hydrogens is 427 g/mol. The van der Waals surface area contributed by atoms with Gasteiger partial charge in [0, 0.05) is 12.1 Å². The number of hydrogen-bond donors (Lipinski definition) is 1. The maximum atomic E-state index is 14.1. The van der Waals surface area contributed by atoms with E-state index in [2.05, 4.69) is 18.7 Å². The predicted octanol–water partition coefficient (Wildman–Crippen LogP) is 3.71. The molecular formula is C25H27FN2O5. The third-order valence-corrected chi connectivity index (χ3v) is 6.12. The Labute approximate surface area is 192 Å². The second-order valence-corrected chi connectivity index (χ2v) is 8.00. The van der Waals surface area contributed by atoms with Crippen molar-refractivity contribution in [3.8, 4) is 11.5 Å². The van der Waals surface area contributed by atoms with E-state index in [0.29, 0.717) is 35.6 Å². The summed E-state index contributed by atoms with van der Waals surface area (Å²) in [5, 5.41) is 11.1. The Kier molecular flexibility index (Phi) is 6.65. The highest BCUT2D eigenvalue weighted by Crippen LogP contribution is 2.41. The number of nitrogens with zero attached hydrogens (tertiary/aromatic N) is 2. The van der Waals surface area contributed by atoms with Crippen LogP contribution in [0.3, 0.4) is 0 Å². The largest absolute Gasteiger partial charge is 0.507 e. The average Bonchev–Trinajstić information content (AvgIpc) is 3.39. The Bertz CT molecular complexity index is 1100. The van der Waals surface area contributed by atoms with Crippen LogP contribution in [0.15, 0.2) is 48.0 Å². The van der Waals surface area contributed by atoms with E-state index in [1.807, 2.05) is 0 Å². The molecule has 1 amide bonds. The van der Waals surface area contributed by atoms with Crippen molar-refractivity contribution in [1.29, 1.82) is 0 Å². The highest BCUT2D eigenvalue weighted by molar-refractivity contribution is 6.46. The van der Waals surface area contributed by atoms with Crippen LogP contribution in [0.4, 0.5) is 4.39 Å². The Hall–Kier alpha value is -3.39. The lowest BCUT2D eigenvalue weighted by Gasteiger charge is -2.26. The first-order valence-electron chi connectivity index (χ1n) is 11.1. The van der Waals surface area contributed by atoms with Crippen LogP contribution >= 0.6 is 0 Å². The molecule has 2 aliphatic heterocycles. The number of amides is 1. The third-order valence-electron chi connectivity index (χ3n) is 6.12. The van der Waals surface area contributed by atoms with Gasteiger partial charge in [0.05, 0.1) is 11.6 Å². The molecule has 0 bridgehead atoms. The number of hydrogen-bond acceptors (Lipinski definition) is 6.